The summed E-state index contributed by atoms with van der Waals surface area (Å²) >= 11 is 0. The number of halogens is 2. The Kier molecular flexibility index (Phi) is 6.60. The van der Waals surface area contributed by atoms with E-state index >= 15 is 0 Å². The fraction of sp³-hybridized carbons (Fsp3) is 0.917. The second-order valence-corrected chi connectivity index (χ2v) is 4.91. The molecule has 2 atom stereocenters. The zero-order valence-electron chi connectivity index (χ0n) is 11.4. The molecule has 1 fully saturated rings. The first kappa shape index (κ1) is 16.3. The van der Waals surface area contributed by atoms with E-state index in [1.165, 1.54) is 4.90 Å². The summed E-state index contributed by atoms with van der Waals surface area (Å²) in [6.07, 6.45) is -2.61. The lowest BCUT2D eigenvalue weighted by atomic mass is 10.2. The molecule has 0 aromatic heterocycles. The average molecular weight is 280 g/mol. The predicted molar refractivity (Wildman–Crippen MR) is 66.1 cm³/mol. The Morgan fingerprint density at radius 1 is 1.42 bits per heavy atom. The molecule has 0 radical (unpaired) electrons. The number of aliphatic hydroxyl groups excluding tert-OH is 1. The maximum absolute atomic E-state index is 12.4. The van der Waals surface area contributed by atoms with Gasteiger partial charge in [0.1, 0.15) is 0 Å². The van der Waals surface area contributed by atoms with Crippen molar-refractivity contribution >= 4 is 5.91 Å². The Balaban J connectivity index is 2.50. The van der Waals surface area contributed by atoms with Crippen LogP contribution in [0.25, 0.3) is 0 Å². The number of carbonyl (C=O) groups is 1. The molecular formula is C12H22F2N2O3. The number of amides is 1. The van der Waals surface area contributed by atoms with E-state index in [4.69, 9.17) is 9.84 Å². The summed E-state index contributed by atoms with van der Waals surface area (Å²) in [4.78, 5) is 15.0. The van der Waals surface area contributed by atoms with Gasteiger partial charge in [-0.3, -0.25) is 9.69 Å². The Labute approximate surface area is 112 Å². The lowest BCUT2D eigenvalue weighted by molar-refractivity contribution is -0.144. The van der Waals surface area contributed by atoms with Gasteiger partial charge in [0.25, 0.3) is 6.43 Å². The van der Waals surface area contributed by atoms with Gasteiger partial charge in [-0.1, -0.05) is 0 Å². The fourth-order valence-corrected chi connectivity index (χ4v) is 2.24. The molecule has 0 bridgehead atoms. The summed E-state index contributed by atoms with van der Waals surface area (Å²) in [6.45, 7) is 3.95. The number of carbonyl (C=O) groups excluding carboxylic acids is 1. The smallest absolute Gasteiger partial charge is 0.251 e. The molecule has 2 unspecified atom stereocenters. The Morgan fingerprint density at radius 2 is 2.00 bits per heavy atom. The van der Waals surface area contributed by atoms with E-state index in [0.29, 0.717) is 13.1 Å². The lowest BCUT2D eigenvalue weighted by Crippen LogP contribution is -2.51. The number of nitrogens with zero attached hydrogens (tertiary/aromatic N) is 2. The minimum absolute atomic E-state index is 0.0471. The molecule has 1 rings (SSSR count). The molecule has 1 aliphatic rings. The van der Waals surface area contributed by atoms with E-state index in [-0.39, 0.29) is 37.8 Å². The van der Waals surface area contributed by atoms with Crippen LogP contribution in [0.1, 0.15) is 13.8 Å². The molecule has 19 heavy (non-hydrogen) atoms. The minimum atomic E-state index is -2.51. The highest BCUT2D eigenvalue weighted by Crippen LogP contribution is 2.11. The number of hydrogen-bond acceptors (Lipinski definition) is 4. The Morgan fingerprint density at radius 3 is 2.47 bits per heavy atom. The van der Waals surface area contributed by atoms with E-state index in [1.807, 2.05) is 13.8 Å². The number of rotatable bonds is 6. The monoisotopic (exact) mass is 280 g/mol. The van der Waals surface area contributed by atoms with Crippen LogP contribution in [-0.4, -0.2) is 78.8 Å². The first-order valence-electron chi connectivity index (χ1n) is 6.47. The molecule has 1 N–H and O–H groups in total. The summed E-state index contributed by atoms with van der Waals surface area (Å²) in [5.41, 5.74) is 0. The van der Waals surface area contributed by atoms with Gasteiger partial charge >= 0.3 is 0 Å². The van der Waals surface area contributed by atoms with E-state index in [2.05, 4.69) is 0 Å². The van der Waals surface area contributed by atoms with Crippen molar-refractivity contribution in [3.8, 4) is 0 Å². The summed E-state index contributed by atoms with van der Waals surface area (Å²) in [7, 11) is 0. The Hall–Kier alpha value is -0.790. The van der Waals surface area contributed by atoms with Crippen molar-refractivity contribution < 1.29 is 23.4 Å². The molecular weight excluding hydrogens is 258 g/mol. The van der Waals surface area contributed by atoms with Crippen molar-refractivity contribution in [1.29, 1.82) is 0 Å². The summed E-state index contributed by atoms with van der Waals surface area (Å²) in [5, 5.41) is 8.83. The van der Waals surface area contributed by atoms with Crippen LogP contribution in [0.5, 0.6) is 0 Å². The molecule has 0 aliphatic carbocycles. The number of morpholine rings is 1. The van der Waals surface area contributed by atoms with Crippen molar-refractivity contribution in [3.63, 3.8) is 0 Å². The molecule has 1 saturated heterocycles. The fourth-order valence-electron chi connectivity index (χ4n) is 2.24. The third kappa shape index (κ3) is 5.80. The van der Waals surface area contributed by atoms with Crippen LogP contribution in [0.2, 0.25) is 0 Å². The number of hydrogen-bond donors (Lipinski definition) is 1. The van der Waals surface area contributed by atoms with Crippen molar-refractivity contribution in [2.75, 3.05) is 39.3 Å². The maximum Gasteiger partial charge on any atom is 0.251 e. The standard InChI is InChI=1S/C12H22F2N2O3/c1-9-5-16(6-10(2)19-9)12(18)8-15(3-4-17)7-11(13)14/h9-11,17H,3-8H2,1-2H3. The van der Waals surface area contributed by atoms with Gasteiger partial charge in [0.15, 0.2) is 0 Å². The second kappa shape index (κ2) is 7.72. The second-order valence-electron chi connectivity index (χ2n) is 4.91. The van der Waals surface area contributed by atoms with Crippen molar-refractivity contribution in [2.24, 2.45) is 0 Å². The van der Waals surface area contributed by atoms with Gasteiger partial charge in [-0.15, -0.1) is 0 Å². The summed E-state index contributed by atoms with van der Waals surface area (Å²) in [6, 6.07) is 0. The van der Waals surface area contributed by atoms with Crippen LogP contribution in [0.15, 0.2) is 0 Å². The third-order valence-corrected chi connectivity index (χ3v) is 2.94. The molecule has 1 heterocycles. The van der Waals surface area contributed by atoms with Crippen molar-refractivity contribution in [2.45, 2.75) is 32.5 Å². The number of aliphatic hydroxyl groups is 1. The van der Waals surface area contributed by atoms with Crippen molar-refractivity contribution in [1.82, 2.24) is 9.80 Å². The van der Waals surface area contributed by atoms with E-state index in [0.717, 1.165) is 0 Å². The van der Waals surface area contributed by atoms with Crippen LogP contribution < -0.4 is 0 Å². The topological polar surface area (TPSA) is 53.0 Å². The Bertz CT molecular complexity index is 282. The highest BCUT2D eigenvalue weighted by Gasteiger charge is 2.27. The van der Waals surface area contributed by atoms with E-state index < -0.39 is 13.0 Å². The molecule has 5 nitrogen and oxygen atoms in total. The SMILES string of the molecule is CC1CN(C(=O)CN(CCO)CC(F)F)CC(C)O1. The molecule has 1 amide bonds. The van der Waals surface area contributed by atoms with E-state index in [9.17, 15) is 13.6 Å². The van der Waals surface area contributed by atoms with Crippen LogP contribution in [0.4, 0.5) is 8.78 Å². The van der Waals surface area contributed by atoms with Gasteiger partial charge in [0.05, 0.1) is 31.9 Å². The third-order valence-electron chi connectivity index (χ3n) is 2.94. The quantitative estimate of drug-likeness (QED) is 0.754. The number of alkyl halides is 2. The first-order valence-corrected chi connectivity index (χ1v) is 6.47. The molecule has 0 spiro atoms. The molecule has 112 valence electrons. The van der Waals surface area contributed by atoms with E-state index in [1.54, 1.807) is 4.90 Å². The van der Waals surface area contributed by atoms with Crippen LogP contribution in [0.3, 0.4) is 0 Å². The van der Waals surface area contributed by atoms with Gasteiger partial charge in [0, 0.05) is 19.6 Å². The highest BCUT2D eigenvalue weighted by atomic mass is 19.3. The zero-order valence-corrected chi connectivity index (χ0v) is 11.4. The maximum atomic E-state index is 12.4. The predicted octanol–water partition coefficient (Wildman–Crippen LogP) is 0.182. The van der Waals surface area contributed by atoms with Crippen molar-refractivity contribution in [3.05, 3.63) is 0 Å². The van der Waals surface area contributed by atoms with Crippen LogP contribution in [0, 0.1) is 0 Å². The lowest BCUT2D eigenvalue weighted by Gasteiger charge is -2.36. The largest absolute Gasteiger partial charge is 0.395 e. The molecule has 0 saturated carbocycles. The van der Waals surface area contributed by atoms with Gasteiger partial charge in [-0.05, 0) is 13.8 Å². The van der Waals surface area contributed by atoms with Crippen LogP contribution in [-0.2, 0) is 9.53 Å². The highest BCUT2D eigenvalue weighted by molar-refractivity contribution is 5.78. The van der Waals surface area contributed by atoms with Gasteiger partial charge < -0.3 is 14.7 Å². The molecule has 0 aromatic carbocycles. The molecule has 0 aromatic rings. The van der Waals surface area contributed by atoms with Crippen LogP contribution >= 0.6 is 0 Å². The number of ether oxygens (including phenoxy) is 1. The average Bonchev–Trinajstić information content (AvgIpc) is 2.26. The first-order chi connectivity index (χ1) is 8.92. The normalized spacial score (nSPS) is 24.3. The zero-order chi connectivity index (χ0) is 14.4. The molecule has 7 heteroatoms. The molecule has 1 aliphatic heterocycles. The van der Waals surface area contributed by atoms with Gasteiger partial charge in [-0.25, -0.2) is 8.78 Å². The summed E-state index contributed by atoms with van der Waals surface area (Å²) < 4.78 is 30.2. The summed E-state index contributed by atoms with van der Waals surface area (Å²) in [5.74, 6) is -0.198. The van der Waals surface area contributed by atoms with Gasteiger partial charge in [0.2, 0.25) is 5.91 Å². The van der Waals surface area contributed by atoms with Gasteiger partial charge in [-0.2, -0.15) is 0 Å². The minimum Gasteiger partial charge on any atom is -0.395 e.